The van der Waals surface area contributed by atoms with Crippen LogP contribution in [0.1, 0.15) is 10.5 Å². The number of nitrogen functional groups attached to an aromatic ring is 1. The highest BCUT2D eigenvalue weighted by Crippen LogP contribution is 2.11. The van der Waals surface area contributed by atoms with Crippen LogP contribution in [-0.2, 0) is 0 Å². The summed E-state index contributed by atoms with van der Waals surface area (Å²) in [5.41, 5.74) is 10.8. The molecule has 2 rings (SSSR count). The van der Waals surface area contributed by atoms with E-state index in [1.807, 2.05) is 0 Å². The van der Waals surface area contributed by atoms with E-state index in [0.717, 1.165) is 0 Å². The number of carbonyl (C=O) groups excluding carboxylic acids is 1. The van der Waals surface area contributed by atoms with Crippen LogP contribution < -0.4 is 16.8 Å². The molecule has 8 nitrogen and oxygen atoms in total. The molecule has 0 aromatic carbocycles. The van der Waals surface area contributed by atoms with Crippen molar-refractivity contribution >= 4 is 17.7 Å². The van der Waals surface area contributed by atoms with Gasteiger partial charge < -0.3 is 16.8 Å². The zero-order valence-corrected chi connectivity index (χ0v) is 9.08. The minimum atomic E-state index is -0.598. The summed E-state index contributed by atoms with van der Waals surface area (Å²) in [5.74, 6) is 0.528. The number of amides is 1. The van der Waals surface area contributed by atoms with Gasteiger partial charge in [-0.1, -0.05) is 0 Å². The number of nitrogens with one attached hydrogen (secondary N) is 1. The van der Waals surface area contributed by atoms with Crippen LogP contribution in [0.3, 0.4) is 0 Å². The van der Waals surface area contributed by atoms with Crippen molar-refractivity contribution in [1.82, 2.24) is 19.7 Å². The van der Waals surface area contributed by atoms with Crippen LogP contribution >= 0.6 is 0 Å². The third kappa shape index (κ3) is 2.14. The zero-order chi connectivity index (χ0) is 12.4. The van der Waals surface area contributed by atoms with Crippen LogP contribution in [0.2, 0.25) is 0 Å². The molecular formula is C9H11N7O. The van der Waals surface area contributed by atoms with Gasteiger partial charge in [0, 0.05) is 19.3 Å². The van der Waals surface area contributed by atoms with E-state index in [0.29, 0.717) is 11.6 Å². The molecule has 0 saturated heterocycles. The molecule has 0 aliphatic rings. The molecule has 2 aromatic rings. The lowest BCUT2D eigenvalue weighted by atomic mass is 10.4. The van der Waals surface area contributed by atoms with E-state index >= 15 is 0 Å². The lowest BCUT2D eigenvalue weighted by Crippen LogP contribution is -2.13. The van der Waals surface area contributed by atoms with Crippen LogP contribution in [-0.4, -0.2) is 32.7 Å². The third-order valence-corrected chi connectivity index (χ3v) is 2.06. The molecule has 0 spiro atoms. The molecule has 2 heterocycles. The Hall–Kier alpha value is -2.64. The number of hydrogen-bond acceptors (Lipinski definition) is 6. The first kappa shape index (κ1) is 10.9. The topological polar surface area (TPSA) is 125 Å². The van der Waals surface area contributed by atoms with E-state index in [2.05, 4.69) is 20.4 Å². The number of nitrogens with two attached hydrogens (primary N) is 2. The fourth-order valence-electron chi connectivity index (χ4n) is 1.28. The molecule has 17 heavy (non-hydrogen) atoms. The number of nitrogens with zero attached hydrogens (tertiary/aromatic N) is 4. The molecule has 5 N–H and O–H groups in total. The molecule has 0 bridgehead atoms. The van der Waals surface area contributed by atoms with Gasteiger partial charge in [-0.15, -0.1) is 0 Å². The molecule has 0 radical (unpaired) electrons. The van der Waals surface area contributed by atoms with Crippen LogP contribution in [0.4, 0.5) is 11.8 Å². The maximum Gasteiger partial charge on any atom is 0.269 e. The number of carbonyl (C=O) groups is 1. The van der Waals surface area contributed by atoms with E-state index in [-0.39, 0.29) is 11.6 Å². The van der Waals surface area contributed by atoms with Crippen molar-refractivity contribution in [3.8, 4) is 5.82 Å². The van der Waals surface area contributed by atoms with Gasteiger partial charge >= 0.3 is 0 Å². The van der Waals surface area contributed by atoms with Crippen molar-refractivity contribution in [2.24, 2.45) is 5.73 Å². The average molecular weight is 233 g/mol. The van der Waals surface area contributed by atoms with E-state index in [9.17, 15) is 4.79 Å². The Morgan fingerprint density at radius 2 is 2.24 bits per heavy atom. The Morgan fingerprint density at radius 3 is 2.82 bits per heavy atom. The lowest BCUT2D eigenvalue weighted by molar-refractivity contribution is 0.0995. The number of primary amides is 1. The highest BCUT2D eigenvalue weighted by molar-refractivity contribution is 5.90. The van der Waals surface area contributed by atoms with Crippen molar-refractivity contribution in [1.29, 1.82) is 0 Å². The largest absolute Gasteiger partial charge is 0.373 e. The summed E-state index contributed by atoms with van der Waals surface area (Å²) in [5, 5.41) is 6.81. The molecule has 1 amide bonds. The van der Waals surface area contributed by atoms with Crippen molar-refractivity contribution in [2.75, 3.05) is 18.1 Å². The third-order valence-electron chi connectivity index (χ3n) is 2.06. The van der Waals surface area contributed by atoms with Gasteiger partial charge in [0.1, 0.15) is 11.5 Å². The van der Waals surface area contributed by atoms with Gasteiger partial charge in [0.15, 0.2) is 5.82 Å². The van der Waals surface area contributed by atoms with Gasteiger partial charge in [-0.2, -0.15) is 15.1 Å². The van der Waals surface area contributed by atoms with Crippen molar-refractivity contribution < 1.29 is 4.79 Å². The minimum absolute atomic E-state index is 0.114. The molecule has 0 atom stereocenters. The Bertz CT molecular complexity index is 562. The molecule has 8 heteroatoms. The highest BCUT2D eigenvalue weighted by atomic mass is 16.1. The SMILES string of the molecule is CNc1cc(-n2ccc(C(N)=O)n2)nc(N)n1. The fraction of sp³-hybridized carbons (Fsp3) is 0.111. The molecule has 0 saturated carbocycles. The molecule has 0 aliphatic heterocycles. The highest BCUT2D eigenvalue weighted by Gasteiger charge is 2.08. The number of hydrogen-bond donors (Lipinski definition) is 3. The molecular weight excluding hydrogens is 222 g/mol. The minimum Gasteiger partial charge on any atom is -0.373 e. The van der Waals surface area contributed by atoms with Gasteiger partial charge in [0.05, 0.1) is 0 Å². The van der Waals surface area contributed by atoms with Gasteiger partial charge in [0.25, 0.3) is 5.91 Å². The van der Waals surface area contributed by atoms with Crippen molar-refractivity contribution in [3.05, 3.63) is 24.0 Å². The van der Waals surface area contributed by atoms with Gasteiger partial charge in [-0.05, 0) is 6.07 Å². The number of aromatic nitrogens is 4. The maximum absolute atomic E-state index is 10.9. The normalized spacial score (nSPS) is 10.2. The van der Waals surface area contributed by atoms with Crippen LogP contribution in [0.15, 0.2) is 18.3 Å². The lowest BCUT2D eigenvalue weighted by Gasteiger charge is -2.04. The quantitative estimate of drug-likeness (QED) is 0.649. The first-order valence-electron chi connectivity index (χ1n) is 4.78. The summed E-state index contributed by atoms with van der Waals surface area (Å²) in [6.07, 6.45) is 1.57. The molecule has 0 unspecified atom stereocenters. The van der Waals surface area contributed by atoms with E-state index in [1.54, 1.807) is 19.3 Å². The average Bonchev–Trinajstić information content (AvgIpc) is 2.77. The predicted molar refractivity (Wildman–Crippen MR) is 61.6 cm³/mol. The standard InChI is InChI=1S/C9H11N7O/c1-12-6-4-7(14-9(11)13-6)16-3-2-5(15-16)8(10)17/h2-4H,1H3,(H2,10,17)(H3,11,12,13,14). The summed E-state index contributed by atoms with van der Waals surface area (Å²) in [7, 11) is 1.71. The zero-order valence-electron chi connectivity index (χ0n) is 9.08. The Balaban J connectivity index is 2.44. The Kier molecular flexibility index (Phi) is 2.61. The second-order valence-corrected chi connectivity index (χ2v) is 3.23. The van der Waals surface area contributed by atoms with E-state index < -0.39 is 5.91 Å². The predicted octanol–water partition coefficient (Wildman–Crippen LogP) is -0.615. The first-order valence-corrected chi connectivity index (χ1v) is 4.78. The van der Waals surface area contributed by atoms with Crippen molar-refractivity contribution in [3.63, 3.8) is 0 Å². The molecule has 0 fully saturated rings. The van der Waals surface area contributed by atoms with Crippen LogP contribution in [0, 0.1) is 0 Å². The summed E-state index contributed by atoms with van der Waals surface area (Å²) < 4.78 is 1.40. The Labute approximate surface area is 96.7 Å². The molecule has 88 valence electrons. The van der Waals surface area contributed by atoms with Crippen molar-refractivity contribution in [2.45, 2.75) is 0 Å². The maximum atomic E-state index is 10.9. The molecule has 2 aromatic heterocycles. The van der Waals surface area contributed by atoms with Gasteiger partial charge in [0.2, 0.25) is 5.95 Å². The van der Waals surface area contributed by atoms with Crippen LogP contribution in [0.5, 0.6) is 0 Å². The van der Waals surface area contributed by atoms with E-state index in [4.69, 9.17) is 11.5 Å². The Morgan fingerprint density at radius 1 is 1.47 bits per heavy atom. The summed E-state index contributed by atoms with van der Waals surface area (Å²) in [6, 6.07) is 3.15. The molecule has 0 aliphatic carbocycles. The van der Waals surface area contributed by atoms with Gasteiger partial charge in [-0.3, -0.25) is 4.79 Å². The summed E-state index contributed by atoms with van der Waals surface area (Å²) in [6.45, 7) is 0. The number of rotatable bonds is 3. The monoisotopic (exact) mass is 233 g/mol. The van der Waals surface area contributed by atoms with Crippen LogP contribution in [0.25, 0.3) is 5.82 Å². The summed E-state index contributed by atoms with van der Waals surface area (Å²) in [4.78, 5) is 18.9. The van der Waals surface area contributed by atoms with Gasteiger partial charge in [-0.25, -0.2) is 4.68 Å². The fourth-order valence-corrected chi connectivity index (χ4v) is 1.28. The first-order chi connectivity index (χ1) is 8.10. The number of anilines is 2. The second kappa shape index (κ2) is 4.08. The van der Waals surface area contributed by atoms with E-state index in [1.165, 1.54) is 10.7 Å². The summed E-state index contributed by atoms with van der Waals surface area (Å²) >= 11 is 0. The second-order valence-electron chi connectivity index (χ2n) is 3.23. The smallest absolute Gasteiger partial charge is 0.269 e.